The molecule has 0 aromatic heterocycles. The van der Waals surface area contributed by atoms with Crippen molar-refractivity contribution in [2.75, 3.05) is 0 Å². The minimum atomic E-state index is 0.758. The van der Waals surface area contributed by atoms with Gasteiger partial charge in [-0.3, -0.25) is 0 Å². The second kappa shape index (κ2) is 7.27. The van der Waals surface area contributed by atoms with Gasteiger partial charge in [0.2, 0.25) is 0 Å². The van der Waals surface area contributed by atoms with Crippen LogP contribution in [0.3, 0.4) is 0 Å². The van der Waals surface area contributed by atoms with Gasteiger partial charge in [-0.2, -0.15) is 0 Å². The Hall–Kier alpha value is -3.61. The molecule has 31 heavy (non-hydrogen) atoms. The van der Waals surface area contributed by atoms with Crippen molar-refractivity contribution < 1.29 is 0 Å². The van der Waals surface area contributed by atoms with Crippen molar-refractivity contribution in [3.05, 3.63) is 120 Å². The molecule has 0 spiro atoms. The third kappa shape index (κ3) is 3.00. The number of fused-ring (bicyclic) bond motifs is 5. The molecule has 0 nitrogen and oxygen atoms in total. The number of hydrogen-bond acceptors (Lipinski definition) is 0. The molecule has 0 atom stereocenters. The topological polar surface area (TPSA) is 0 Å². The molecule has 6 aromatic carbocycles. The number of halogens is 1. The Morgan fingerprint density at radius 2 is 0.806 bits per heavy atom. The summed E-state index contributed by atoms with van der Waals surface area (Å²) in [5.41, 5.74) is 4.92. The largest absolute Gasteiger partial charge is 0.0843 e. The van der Waals surface area contributed by atoms with E-state index in [4.69, 9.17) is 11.6 Å². The van der Waals surface area contributed by atoms with Crippen molar-refractivity contribution in [1.29, 1.82) is 0 Å². The zero-order valence-corrected chi connectivity index (χ0v) is 17.6. The van der Waals surface area contributed by atoms with E-state index in [0.717, 1.165) is 5.02 Å². The van der Waals surface area contributed by atoms with Gasteiger partial charge in [0.15, 0.2) is 0 Å². The molecule has 0 radical (unpaired) electrons. The number of hydrogen-bond donors (Lipinski definition) is 0. The van der Waals surface area contributed by atoms with Crippen LogP contribution in [0.15, 0.2) is 115 Å². The molecule has 0 N–H and O–H groups in total. The maximum atomic E-state index is 6.49. The molecule has 0 heterocycles. The van der Waals surface area contributed by atoms with Crippen LogP contribution in [0.2, 0.25) is 5.02 Å². The molecule has 0 amide bonds. The van der Waals surface area contributed by atoms with E-state index in [-0.39, 0.29) is 0 Å². The van der Waals surface area contributed by atoms with Gasteiger partial charge in [0, 0.05) is 5.02 Å². The van der Waals surface area contributed by atoms with E-state index < -0.39 is 0 Å². The van der Waals surface area contributed by atoms with Gasteiger partial charge in [-0.1, -0.05) is 103 Å². The van der Waals surface area contributed by atoms with Crippen molar-refractivity contribution in [2.45, 2.75) is 0 Å². The summed E-state index contributed by atoms with van der Waals surface area (Å²) in [5, 5.41) is 8.18. The SMILES string of the molecule is Clc1ccc2c(-c3ccccc3)cc3c4ccccc4c(-c4ccccc4)cc3c2c1. The van der Waals surface area contributed by atoms with Crippen molar-refractivity contribution in [1.82, 2.24) is 0 Å². The van der Waals surface area contributed by atoms with Crippen molar-refractivity contribution in [3.8, 4) is 22.3 Å². The van der Waals surface area contributed by atoms with Crippen molar-refractivity contribution in [2.24, 2.45) is 0 Å². The first-order valence-corrected chi connectivity index (χ1v) is 10.9. The third-order valence-corrected chi connectivity index (χ3v) is 6.34. The zero-order chi connectivity index (χ0) is 20.8. The van der Waals surface area contributed by atoms with Crippen LogP contribution in [0.4, 0.5) is 0 Å². The smallest absolute Gasteiger partial charge is 0.0412 e. The summed E-state index contributed by atoms with van der Waals surface area (Å²) in [5.74, 6) is 0. The van der Waals surface area contributed by atoms with Gasteiger partial charge in [0.1, 0.15) is 0 Å². The molecule has 0 fully saturated rings. The van der Waals surface area contributed by atoms with E-state index in [0.29, 0.717) is 0 Å². The summed E-state index contributed by atoms with van der Waals surface area (Å²) in [7, 11) is 0. The van der Waals surface area contributed by atoms with Crippen LogP contribution in [0, 0.1) is 0 Å². The maximum absolute atomic E-state index is 6.49. The minimum absolute atomic E-state index is 0.758. The van der Waals surface area contributed by atoms with Crippen LogP contribution in [0.5, 0.6) is 0 Å². The molecule has 6 aromatic rings. The first-order valence-electron chi connectivity index (χ1n) is 10.5. The van der Waals surface area contributed by atoms with Gasteiger partial charge in [-0.05, 0) is 78.8 Å². The van der Waals surface area contributed by atoms with Crippen LogP contribution in [-0.2, 0) is 0 Å². The lowest BCUT2D eigenvalue weighted by Crippen LogP contribution is -1.89. The highest BCUT2D eigenvalue weighted by molar-refractivity contribution is 6.32. The Morgan fingerprint density at radius 3 is 1.42 bits per heavy atom. The zero-order valence-electron chi connectivity index (χ0n) is 16.8. The monoisotopic (exact) mass is 414 g/mol. The quantitative estimate of drug-likeness (QED) is 0.248. The Morgan fingerprint density at radius 1 is 0.355 bits per heavy atom. The third-order valence-electron chi connectivity index (χ3n) is 6.11. The highest BCUT2D eigenvalue weighted by Gasteiger charge is 2.14. The van der Waals surface area contributed by atoms with E-state index in [1.807, 2.05) is 6.07 Å². The Labute approximate surface area is 186 Å². The van der Waals surface area contributed by atoms with Gasteiger partial charge in [-0.15, -0.1) is 0 Å². The van der Waals surface area contributed by atoms with Crippen molar-refractivity contribution in [3.63, 3.8) is 0 Å². The average Bonchev–Trinajstić information content (AvgIpc) is 2.84. The Bertz CT molecular complexity index is 1570. The van der Waals surface area contributed by atoms with Gasteiger partial charge >= 0.3 is 0 Å². The summed E-state index contributed by atoms with van der Waals surface area (Å²) in [6.45, 7) is 0. The number of rotatable bonds is 2. The molecule has 0 saturated carbocycles. The molecule has 0 saturated heterocycles. The molecule has 6 rings (SSSR count). The van der Waals surface area contributed by atoms with E-state index in [1.165, 1.54) is 54.6 Å². The Kier molecular flexibility index (Phi) is 4.26. The van der Waals surface area contributed by atoms with E-state index >= 15 is 0 Å². The summed E-state index contributed by atoms with van der Waals surface area (Å²) in [4.78, 5) is 0. The second-order valence-electron chi connectivity index (χ2n) is 7.91. The summed E-state index contributed by atoms with van der Waals surface area (Å²) < 4.78 is 0. The molecule has 0 aliphatic heterocycles. The summed E-state index contributed by atoms with van der Waals surface area (Å²) >= 11 is 6.49. The number of benzene rings is 6. The first kappa shape index (κ1) is 18.2. The van der Waals surface area contributed by atoms with Gasteiger partial charge < -0.3 is 0 Å². The van der Waals surface area contributed by atoms with E-state index in [9.17, 15) is 0 Å². The van der Waals surface area contributed by atoms with Crippen LogP contribution < -0.4 is 0 Å². The lowest BCUT2D eigenvalue weighted by Gasteiger charge is -2.16. The van der Waals surface area contributed by atoms with Crippen molar-refractivity contribution >= 4 is 43.9 Å². The molecular formula is C30H19Cl. The van der Waals surface area contributed by atoms with E-state index in [2.05, 4.69) is 109 Å². The van der Waals surface area contributed by atoms with Crippen LogP contribution in [-0.4, -0.2) is 0 Å². The lowest BCUT2D eigenvalue weighted by atomic mass is 9.88. The standard InChI is InChI=1S/C30H19Cl/c31-22-15-16-25-27(21-11-5-2-6-12-21)18-29-24-14-8-7-13-23(24)26(19-30(29)28(25)17-22)20-9-3-1-4-10-20/h1-19H. The van der Waals surface area contributed by atoms with Gasteiger partial charge in [0.25, 0.3) is 0 Å². The molecule has 0 bridgehead atoms. The highest BCUT2D eigenvalue weighted by Crippen LogP contribution is 2.42. The average molecular weight is 415 g/mol. The fourth-order valence-corrected chi connectivity index (χ4v) is 4.86. The maximum Gasteiger partial charge on any atom is 0.0412 e. The van der Waals surface area contributed by atoms with Crippen LogP contribution in [0.25, 0.3) is 54.6 Å². The fraction of sp³-hybridized carbons (Fsp3) is 0. The Balaban J connectivity index is 1.83. The van der Waals surface area contributed by atoms with Gasteiger partial charge in [-0.25, -0.2) is 0 Å². The van der Waals surface area contributed by atoms with E-state index in [1.54, 1.807) is 0 Å². The second-order valence-corrected chi connectivity index (χ2v) is 8.35. The fourth-order valence-electron chi connectivity index (χ4n) is 4.69. The lowest BCUT2D eigenvalue weighted by molar-refractivity contribution is 1.66. The molecule has 146 valence electrons. The summed E-state index contributed by atoms with van der Waals surface area (Å²) in [6, 6.07) is 40.9. The predicted molar refractivity (Wildman–Crippen MR) is 135 cm³/mol. The molecular weight excluding hydrogens is 396 g/mol. The summed E-state index contributed by atoms with van der Waals surface area (Å²) in [6.07, 6.45) is 0. The molecule has 0 aliphatic rings. The molecule has 1 heteroatoms. The predicted octanol–water partition coefficient (Wildman–Crippen LogP) is 9.13. The first-order chi connectivity index (χ1) is 15.3. The minimum Gasteiger partial charge on any atom is -0.0843 e. The highest BCUT2D eigenvalue weighted by atomic mass is 35.5. The molecule has 0 unspecified atom stereocenters. The molecule has 0 aliphatic carbocycles. The van der Waals surface area contributed by atoms with Crippen LogP contribution in [0.1, 0.15) is 0 Å². The van der Waals surface area contributed by atoms with Crippen LogP contribution >= 0.6 is 11.6 Å². The normalized spacial score (nSPS) is 11.4. The van der Waals surface area contributed by atoms with Gasteiger partial charge in [0.05, 0.1) is 0 Å².